The summed E-state index contributed by atoms with van der Waals surface area (Å²) >= 11 is 0. The summed E-state index contributed by atoms with van der Waals surface area (Å²) in [4.78, 5) is 4.43. The Morgan fingerprint density at radius 3 is 2.83 bits per heavy atom. The number of guanidine groups is 1. The zero-order chi connectivity index (χ0) is 16.7. The quantitative estimate of drug-likeness (QED) is 0.350. The van der Waals surface area contributed by atoms with Gasteiger partial charge in [0.25, 0.3) is 0 Å². The normalized spacial score (nSPS) is 12.5. The zero-order valence-electron chi connectivity index (χ0n) is 13.2. The van der Waals surface area contributed by atoms with E-state index in [1.54, 1.807) is 0 Å². The molecule has 0 radical (unpaired) electrons. The van der Waals surface area contributed by atoms with Crippen LogP contribution in [0.25, 0.3) is 5.65 Å². The summed E-state index contributed by atoms with van der Waals surface area (Å²) in [5.74, 6) is 1.32. The fourth-order valence-corrected chi connectivity index (χ4v) is 2.38. The van der Waals surface area contributed by atoms with E-state index in [9.17, 15) is 8.42 Å². The van der Waals surface area contributed by atoms with Crippen LogP contribution in [0.15, 0.2) is 29.4 Å². The first kappa shape index (κ1) is 17.2. The van der Waals surface area contributed by atoms with Crippen LogP contribution in [0.2, 0.25) is 0 Å². The summed E-state index contributed by atoms with van der Waals surface area (Å²) in [6.07, 6.45) is 3.01. The highest BCUT2D eigenvalue weighted by Crippen LogP contribution is 2.03. The van der Waals surface area contributed by atoms with Crippen molar-refractivity contribution >= 4 is 21.6 Å². The lowest BCUT2D eigenvalue weighted by atomic mass is 10.4. The van der Waals surface area contributed by atoms with Gasteiger partial charge in [-0.25, -0.2) is 18.1 Å². The van der Waals surface area contributed by atoms with Crippen LogP contribution in [0.4, 0.5) is 0 Å². The molecule has 0 aliphatic heterocycles. The van der Waals surface area contributed by atoms with Crippen molar-refractivity contribution in [1.82, 2.24) is 30.0 Å². The Bertz CT molecular complexity index is 769. The van der Waals surface area contributed by atoms with E-state index in [1.807, 2.05) is 35.7 Å². The highest BCUT2D eigenvalue weighted by Gasteiger charge is 2.05. The van der Waals surface area contributed by atoms with Gasteiger partial charge in [-0.2, -0.15) is 0 Å². The lowest BCUT2D eigenvalue weighted by Crippen LogP contribution is -2.41. The van der Waals surface area contributed by atoms with Crippen molar-refractivity contribution in [2.75, 3.05) is 25.9 Å². The minimum atomic E-state index is -3.18. The van der Waals surface area contributed by atoms with Crippen LogP contribution in [-0.2, 0) is 16.6 Å². The van der Waals surface area contributed by atoms with Crippen LogP contribution in [-0.4, -0.2) is 54.9 Å². The van der Waals surface area contributed by atoms with Crippen molar-refractivity contribution in [3.63, 3.8) is 0 Å². The Kier molecular flexibility index (Phi) is 5.88. The van der Waals surface area contributed by atoms with Crippen molar-refractivity contribution in [2.24, 2.45) is 4.99 Å². The Labute approximate surface area is 135 Å². The van der Waals surface area contributed by atoms with Crippen LogP contribution < -0.4 is 15.4 Å². The van der Waals surface area contributed by atoms with Gasteiger partial charge >= 0.3 is 0 Å². The molecule has 10 heteroatoms. The smallest absolute Gasteiger partial charge is 0.208 e. The first-order valence-corrected chi connectivity index (χ1v) is 9.14. The summed E-state index contributed by atoms with van der Waals surface area (Å²) in [5.41, 5.74) is 0.771. The molecule has 0 aliphatic carbocycles. The SMILES string of the molecule is CCNC(=NCc1nnc2ccccn12)NCCNS(C)(=O)=O. The second kappa shape index (κ2) is 7.88. The average Bonchev–Trinajstić information content (AvgIpc) is 2.91. The molecular formula is C13H21N7O2S. The molecule has 2 heterocycles. The van der Waals surface area contributed by atoms with Gasteiger partial charge in [0.2, 0.25) is 10.0 Å². The standard InChI is InChI=1S/C13H21N7O2S/c1-3-14-13(15-7-8-17-23(2,21)22)16-10-12-19-18-11-6-4-5-9-20(11)12/h4-6,9,17H,3,7-8,10H2,1-2H3,(H2,14,15,16). The highest BCUT2D eigenvalue weighted by molar-refractivity contribution is 7.88. The Morgan fingerprint density at radius 2 is 2.09 bits per heavy atom. The van der Waals surface area contributed by atoms with E-state index >= 15 is 0 Å². The lowest BCUT2D eigenvalue weighted by molar-refractivity contribution is 0.586. The van der Waals surface area contributed by atoms with Crippen LogP contribution in [0.5, 0.6) is 0 Å². The highest BCUT2D eigenvalue weighted by atomic mass is 32.2. The maximum Gasteiger partial charge on any atom is 0.208 e. The largest absolute Gasteiger partial charge is 0.357 e. The van der Waals surface area contributed by atoms with Crippen LogP contribution >= 0.6 is 0 Å². The minimum absolute atomic E-state index is 0.289. The number of pyridine rings is 1. The van der Waals surface area contributed by atoms with Gasteiger partial charge < -0.3 is 10.6 Å². The third-order valence-electron chi connectivity index (χ3n) is 2.89. The first-order valence-electron chi connectivity index (χ1n) is 7.25. The number of sulfonamides is 1. The second-order valence-electron chi connectivity index (χ2n) is 4.83. The molecule has 0 fully saturated rings. The Morgan fingerprint density at radius 1 is 1.26 bits per heavy atom. The predicted octanol–water partition coefficient (Wildman–Crippen LogP) is -0.666. The molecule has 0 saturated heterocycles. The van der Waals surface area contributed by atoms with Gasteiger partial charge in [0.15, 0.2) is 17.4 Å². The molecule has 2 rings (SSSR count). The average molecular weight is 339 g/mol. The Balaban J connectivity index is 1.95. The van der Waals surface area contributed by atoms with E-state index in [-0.39, 0.29) is 6.54 Å². The molecule has 0 unspecified atom stereocenters. The fourth-order valence-electron chi connectivity index (χ4n) is 1.91. The molecule has 0 aliphatic rings. The number of rotatable bonds is 7. The molecule has 0 saturated carbocycles. The van der Waals surface area contributed by atoms with Crippen LogP contribution in [0.1, 0.15) is 12.7 Å². The molecule has 0 spiro atoms. The predicted molar refractivity (Wildman–Crippen MR) is 88.7 cm³/mol. The number of aliphatic imine (C=N–C) groups is 1. The molecule has 9 nitrogen and oxygen atoms in total. The Hall–Kier alpha value is -2.20. The molecule has 0 bridgehead atoms. The molecule has 0 amide bonds. The zero-order valence-corrected chi connectivity index (χ0v) is 14.0. The van der Waals surface area contributed by atoms with Crippen LogP contribution in [0, 0.1) is 0 Å². The molecule has 3 N–H and O–H groups in total. The van der Waals surface area contributed by atoms with Gasteiger partial charge in [-0.1, -0.05) is 6.07 Å². The van der Waals surface area contributed by atoms with Gasteiger partial charge in [0.1, 0.15) is 6.54 Å². The molecule has 0 aromatic carbocycles. The molecule has 2 aromatic heterocycles. The second-order valence-corrected chi connectivity index (χ2v) is 6.67. The number of hydrogen-bond donors (Lipinski definition) is 3. The first-order chi connectivity index (χ1) is 11.0. The molecule has 0 atom stereocenters. The van der Waals surface area contributed by atoms with Gasteiger partial charge in [0, 0.05) is 25.8 Å². The summed E-state index contributed by atoms with van der Waals surface area (Å²) in [7, 11) is -3.18. The van der Waals surface area contributed by atoms with Gasteiger partial charge in [0.05, 0.1) is 6.26 Å². The summed E-state index contributed by atoms with van der Waals surface area (Å²) < 4.78 is 26.3. The lowest BCUT2D eigenvalue weighted by Gasteiger charge is -2.11. The number of nitrogens with one attached hydrogen (secondary N) is 3. The van der Waals surface area contributed by atoms with Crippen molar-refractivity contribution in [3.05, 3.63) is 30.2 Å². The monoisotopic (exact) mass is 339 g/mol. The summed E-state index contributed by atoms with van der Waals surface area (Å²) in [5, 5.41) is 14.3. The van der Waals surface area contributed by atoms with Gasteiger partial charge in [-0.05, 0) is 19.1 Å². The minimum Gasteiger partial charge on any atom is -0.357 e. The maximum absolute atomic E-state index is 11.0. The van der Waals surface area contributed by atoms with Crippen molar-refractivity contribution in [2.45, 2.75) is 13.5 Å². The van der Waals surface area contributed by atoms with E-state index in [4.69, 9.17) is 0 Å². The molecular weight excluding hydrogens is 318 g/mol. The number of nitrogens with zero attached hydrogens (tertiary/aromatic N) is 4. The van der Waals surface area contributed by atoms with E-state index in [2.05, 4.69) is 30.5 Å². The number of aromatic nitrogens is 3. The van der Waals surface area contributed by atoms with E-state index in [1.165, 1.54) is 0 Å². The van der Waals surface area contributed by atoms with E-state index in [0.29, 0.717) is 25.6 Å². The van der Waals surface area contributed by atoms with E-state index in [0.717, 1.165) is 17.7 Å². The van der Waals surface area contributed by atoms with Crippen LogP contribution in [0.3, 0.4) is 0 Å². The molecule has 23 heavy (non-hydrogen) atoms. The van der Waals surface area contributed by atoms with Gasteiger partial charge in [-0.3, -0.25) is 4.40 Å². The fraction of sp³-hybridized carbons (Fsp3) is 0.462. The van der Waals surface area contributed by atoms with Crippen molar-refractivity contribution in [3.8, 4) is 0 Å². The van der Waals surface area contributed by atoms with E-state index < -0.39 is 10.0 Å². The van der Waals surface area contributed by atoms with Gasteiger partial charge in [-0.15, -0.1) is 10.2 Å². The number of fused-ring (bicyclic) bond motifs is 1. The summed E-state index contributed by atoms with van der Waals surface area (Å²) in [6, 6.07) is 5.68. The topological polar surface area (TPSA) is 113 Å². The molecule has 126 valence electrons. The van der Waals surface area contributed by atoms with Crippen molar-refractivity contribution < 1.29 is 8.42 Å². The summed E-state index contributed by atoms with van der Waals surface area (Å²) in [6.45, 7) is 3.74. The third kappa shape index (κ3) is 5.49. The maximum atomic E-state index is 11.0. The molecule has 2 aromatic rings. The number of hydrogen-bond acceptors (Lipinski definition) is 5. The van der Waals surface area contributed by atoms with Crippen molar-refractivity contribution in [1.29, 1.82) is 0 Å². The third-order valence-corrected chi connectivity index (χ3v) is 3.62.